The summed E-state index contributed by atoms with van der Waals surface area (Å²) in [5.74, 6) is 1.46. The van der Waals surface area contributed by atoms with Crippen molar-refractivity contribution in [3.63, 3.8) is 0 Å². The molecule has 0 aliphatic rings. The highest BCUT2D eigenvalue weighted by atomic mass is 16.5. The molecule has 3 N–H and O–H groups in total. The average Bonchev–Trinajstić information content (AvgIpc) is 2.55. The third kappa shape index (κ3) is 6.25. The van der Waals surface area contributed by atoms with Gasteiger partial charge in [-0.2, -0.15) is 0 Å². The van der Waals surface area contributed by atoms with Crippen molar-refractivity contribution in [2.45, 2.75) is 40.2 Å². The van der Waals surface area contributed by atoms with Crippen molar-refractivity contribution < 1.29 is 4.74 Å². The van der Waals surface area contributed by atoms with Crippen LogP contribution in [-0.4, -0.2) is 13.1 Å². The van der Waals surface area contributed by atoms with Crippen LogP contribution in [0.2, 0.25) is 0 Å². The van der Waals surface area contributed by atoms with Gasteiger partial charge in [0.15, 0.2) is 0 Å². The van der Waals surface area contributed by atoms with Gasteiger partial charge in [-0.25, -0.2) is 0 Å². The van der Waals surface area contributed by atoms with E-state index in [0.717, 1.165) is 42.9 Å². The van der Waals surface area contributed by atoms with Gasteiger partial charge in [0.2, 0.25) is 0 Å². The predicted octanol–water partition coefficient (Wildman–Crippen LogP) is 4.33. The summed E-state index contributed by atoms with van der Waals surface area (Å²) in [7, 11) is 0. The predicted molar refractivity (Wildman–Crippen MR) is 102 cm³/mol. The second-order valence-electron chi connectivity index (χ2n) is 6.85. The number of hydrogen-bond acceptors (Lipinski definition) is 3. The molecule has 24 heavy (non-hydrogen) atoms. The molecule has 2 aromatic carbocycles. The molecular weight excluding hydrogens is 296 g/mol. The normalized spacial score (nSPS) is 11.0. The molecule has 0 heterocycles. The van der Waals surface area contributed by atoms with Crippen LogP contribution in [0.5, 0.6) is 5.75 Å². The van der Waals surface area contributed by atoms with Crippen molar-refractivity contribution in [3.05, 3.63) is 59.2 Å². The van der Waals surface area contributed by atoms with Crippen molar-refractivity contribution >= 4 is 5.69 Å². The van der Waals surface area contributed by atoms with Crippen LogP contribution in [0, 0.1) is 12.8 Å². The molecule has 0 unspecified atom stereocenters. The summed E-state index contributed by atoms with van der Waals surface area (Å²) in [6, 6.07) is 14.5. The molecule has 3 heteroatoms. The Labute approximate surface area is 146 Å². The minimum atomic E-state index is 0.545. The van der Waals surface area contributed by atoms with Crippen molar-refractivity contribution in [3.8, 4) is 5.75 Å². The van der Waals surface area contributed by atoms with Crippen molar-refractivity contribution in [2.24, 2.45) is 5.92 Å². The van der Waals surface area contributed by atoms with Gasteiger partial charge < -0.3 is 15.8 Å². The maximum absolute atomic E-state index is 6.14. The monoisotopic (exact) mass is 326 g/mol. The Kier molecular flexibility index (Phi) is 7.13. The van der Waals surface area contributed by atoms with E-state index >= 15 is 0 Å². The number of nitrogens with two attached hydrogens (primary N) is 1. The molecule has 0 bridgehead atoms. The highest BCUT2D eigenvalue weighted by Gasteiger charge is 2.03. The second kappa shape index (κ2) is 9.33. The lowest BCUT2D eigenvalue weighted by atomic mass is 10.1. The fourth-order valence-electron chi connectivity index (χ4n) is 2.54. The van der Waals surface area contributed by atoms with Crippen LogP contribution in [-0.2, 0) is 13.0 Å². The lowest BCUT2D eigenvalue weighted by Gasteiger charge is -2.11. The summed E-state index contributed by atoms with van der Waals surface area (Å²) in [5, 5.41) is 3.47. The average molecular weight is 326 g/mol. The summed E-state index contributed by atoms with van der Waals surface area (Å²) in [6.45, 7) is 9.20. The largest absolute Gasteiger partial charge is 0.487 e. The number of aryl methyl sites for hydroxylation is 2. The highest BCUT2D eigenvalue weighted by Crippen LogP contribution is 2.24. The Morgan fingerprint density at radius 3 is 2.42 bits per heavy atom. The molecule has 0 radical (unpaired) electrons. The number of anilines is 1. The molecule has 0 atom stereocenters. The van der Waals surface area contributed by atoms with Crippen molar-refractivity contribution in [2.75, 3.05) is 18.8 Å². The Balaban J connectivity index is 1.80. The molecule has 130 valence electrons. The quantitative estimate of drug-likeness (QED) is 0.532. The molecule has 0 fully saturated rings. The van der Waals surface area contributed by atoms with E-state index in [1.165, 1.54) is 11.1 Å². The van der Waals surface area contributed by atoms with Gasteiger partial charge in [0.25, 0.3) is 0 Å². The standard InChI is InChI=1S/C21H30N2O/c1-16(2)14-23-12-4-5-18-10-11-21(20(22)13-18)24-15-19-8-6-17(3)7-9-19/h6-11,13,16,23H,4-5,12,14-15,22H2,1-3H3. The molecule has 0 aliphatic carbocycles. The van der Waals surface area contributed by atoms with E-state index < -0.39 is 0 Å². The minimum Gasteiger partial charge on any atom is -0.487 e. The summed E-state index contributed by atoms with van der Waals surface area (Å²) in [6.07, 6.45) is 2.16. The van der Waals surface area contributed by atoms with Crippen molar-refractivity contribution in [1.29, 1.82) is 0 Å². The molecule has 0 spiro atoms. The first-order valence-electron chi connectivity index (χ1n) is 8.82. The molecule has 0 saturated heterocycles. The van der Waals surface area contributed by atoms with Crippen LogP contribution >= 0.6 is 0 Å². The Morgan fingerprint density at radius 2 is 1.75 bits per heavy atom. The number of hydrogen-bond donors (Lipinski definition) is 2. The first kappa shape index (κ1) is 18.3. The van der Waals surface area contributed by atoms with Crippen molar-refractivity contribution in [1.82, 2.24) is 5.32 Å². The van der Waals surface area contributed by atoms with Gasteiger partial charge in [-0.15, -0.1) is 0 Å². The van der Waals surface area contributed by atoms with Gasteiger partial charge in [-0.05, 0) is 62.0 Å². The molecule has 0 saturated carbocycles. The molecule has 0 amide bonds. The van der Waals surface area contributed by atoms with E-state index in [2.05, 4.69) is 56.4 Å². The van der Waals surface area contributed by atoms with E-state index in [1.807, 2.05) is 12.1 Å². The Morgan fingerprint density at radius 1 is 1.04 bits per heavy atom. The number of nitrogen functional groups attached to an aromatic ring is 1. The van der Waals surface area contributed by atoms with Crippen LogP contribution in [0.15, 0.2) is 42.5 Å². The lowest BCUT2D eigenvalue weighted by molar-refractivity contribution is 0.308. The van der Waals surface area contributed by atoms with Crippen LogP contribution in [0.25, 0.3) is 0 Å². The topological polar surface area (TPSA) is 47.3 Å². The Hall–Kier alpha value is -2.00. The maximum Gasteiger partial charge on any atom is 0.142 e. The molecule has 2 aromatic rings. The van der Waals surface area contributed by atoms with Gasteiger partial charge >= 0.3 is 0 Å². The van der Waals surface area contributed by atoms with E-state index in [4.69, 9.17) is 10.5 Å². The number of benzene rings is 2. The number of rotatable bonds is 9. The van der Waals surface area contributed by atoms with E-state index in [-0.39, 0.29) is 0 Å². The lowest BCUT2D eigenvalue weighted by Crippen LogP contribution is -2.21. The van der Waals surface area contributed by atoms with Crippen LogP contribution in [0.1, 0.15) is 37.0 Å². The number of nitrogens with one attached hydrogen (secondary N) is 1. The zero-order valence-electron chi connectivity index (χ0n) is 15.1. The molecule has 0 aromatic heterocycles. The summed E-state index contributed by atoms with van der Waals surface area (Å²) < 4.78 is 5.85. The smallest absolute Gasteiger partial charge is 0.142 e. The molecule has 3 nitrogen and oxygen atoms in total. The fraction of sp³-hybridized carbons (Fsp3) is 0.429. The SMILES string of the molecule is Cc1ccc(COc2ccc(CCCNCC(C)C)cc2N)cc1. The first-order valence-corrected chi connectivity index (χ1v) is 8.82. The van der Waals surface area contributed by atoms with Crippen LogP contribution in [0.4, 0.5) is 5.69 Å². The van der Waals surface area contributed by atoms with Crippen LogP contribution < -0.4 is 15.8 Å². The zero-order valence-corrected chi connectivity index (χ0v) is 15.1. The van der Waals surface area contributed by atoms with E-state index in [1.54, 1.807) is 0 Å². The third-order valence-electron chi connectivity index (χ3n) is 3.96. The summed E-state index contributed by atoms with van der Waals surface area (Å²) in [5.41, 5.74) is 10.5. The Bertz CT molecular complexity index is 620. The molecular formula is C21H30N2O. The molecule has 0 aliphatic heterocycles. The third-order valence-corrected chi connectivity index (χ3v) is 3.96. The van der Waals surface area contributed by atoms with Gasteiger partial charge in [-0.1, -0.05) is 49.7 Å². The second-order valence-corrected chi connectivity index (χ2v) is 6.85. The summed E-state index contributed by atoms with van der Waals surface area (Å²) in [4.78, 5) is 0. The molecule has 2 rings (SSSR count). The highest BCUT2D eigenvalue weighted by molar-refractivity contribution is 5.54. The van der Waals surface area contributed by atoms with Gasteiger partial charge in [0, 0.05) is 0 Å². The summed E-state index contributed by atoms with van der Waals surface area (Å²) >= 11 is 0. The first-order chi connectivity index (χ1) is 11.5. The van der Waals surface area contributed by atoms with Gasteiger partial charge in [-0.3, -0.25) is 0 Å². The number of ether oxygens (including phenoxy) is 1. The minimum absolute atomic E-state index is 0.545. The van der Waals surface area contributed by atoms with E-state index in [9.17, 15) is 0 Å². The van der Waals surface area contributed by atoms with Gasteiger partial charge in [0.1, 0.15) is 12.4 Å². The zero-order chi connectivity index (χ0) is 17.4. The fourth-order valence-corrected chi connectivity index (χ4v) is 2.54. The van der Waals surface area contributed by atoms with Gasteiger partial charge in [0.05, 0.1) is 5.69 Å². The van der Waals surface area contributed by atoms with E-state index in [0.29, 0.717) is 12.5 Å². The van der Waals surface area contributed by atoms with Crippen LogP contribution in [0.3, 0.4) is 0 Å². The maximum atomic E-state index is 6.14.